The fraction of sp³-hybridized carbons (Fsp3) is 0.714. The molecule has 0 aliphatic carbocycles. The fourth-order valence-electron chi connectivity index (χ4n) is 0.589. The Bertz CT molecular complexity index is 166. The van der Waals surface area contributed by atoms with Crippen LogP contribution in [0.5, 0.6) is 0 Å². The third kappa shape index (κ3) is 2.78. The van der Waals surface area contributed by atoms with Gasteiger partial charge in [-0.15, -0.1) is 0 Å². The summed E-state index contributed by atoms with van der Waals surface area (Å²) in [5.41, 5.74) is 10.4. The van der Waals surface area contributed by atoms with Crippen LogP contribution in [-0.4, -0.2) is 24.2 Å². The maximum atomic E-state index is 11.0. The van der Waals surface area contributed by atoms with Gasteiger partial charge >= 0.3 is 0 Å². The maximum Gasteiger partial charge on any atom is 0.216 e. The van der Waals surface area contributed by atoms with E-state index in [2.05, 4.69) is 0 Å². The summed E-state index contributed by atoms with van der Waals surface area (Å²) in [6.07, 6.45) is 0. The first-order chi connectivity index (χ1) is 5.00. The third-order valence-corrected chi connectivity index (χ3v) is 1.48. The predicted molar refractivity (Wildman–Crippen MR) is 41.9 cm³/mol. The van der Waals surface area contributed by atoms with E-state index in [4.69, 9.17) is 11.5 Å². The molecule has 0 aliphatic rings. The highest BCUT2D eigenvalue weighted by Gasteiger charge is 2.22. The van der Waals surface area contributed by atoms with Crippen LogP contribution in [0, 0.1) is 5.92 Å². The average Bonchev–Trinajstić information content (AvgIpc) is 2.00. The number of nitrogens with two attached hydrogens (primary N) is 2. The molecule has 0 aromatic carbocycles. The summed E-state index contributed by atoms with van der Waals surface area (Å²) in [5, 5.41) is 0. The number of Topliss-reactive ketones (excluding diaryl/α,β-unsaturated/α-hetero) is 2. The van der Waals surface area contributed by atoms with E-state index in [1.165, 1.54) is 0 Å². The molecular formula is C7H14N2O2. The molecule has 1 atom stereocenters. The number of carbonyl (C=O) groups is 2. The zero-order valence-electron chi connectivity index (χ0n) is 6.83. The second-order valence-corrected chi connectivity index (χ2v) is 2.76. The third-order valence-electron chi connectivity index (χ3n) is 1.48. The Hall–Kier alpha value is -0.740. The lowest BCUT2D eigenvalue weighted by Crippen LogP contribution is -2.42. The van der Waals surface area contributed by atoms with E-state index in [9.17, 15) is 9.59 Å². The Kier molecular flexibility index (Phi) is 3.92. The number of carbonyl (C=O) groups excluding carboxylic acids is 2. The van der Waals surface area contributed by atoms with Crippen molar-refractivity contribution in [3.63, 3.8) is 0 Å². The molecule has 0 aliphatic heterocycles. The molecule has 4 nitrogen and oxygen atoms in total. The van der Waals surface area contributed by atoms with Crippen molar-refractivity contribution in [2.24, 2.45) is 17.4 Å². The molecule has 0 unspecified atom stereocenters. The van der Waals surface area contributed by atoms with E-state index in [0.29, 0.717) is 0 Å². The quantitative estimate of drug-likeness (QED) is 0.517. The molecule has 0 saturated heterocycles. The summed E-state index contributed by atoms with van der Waals surface area (Å²) in [4.78, 5) is 21.7. The fourth-order valence-corrected chi connectivity index (χ4v) is 0.589. The molecule has 11 heavy (non-hydrogen) atoms. The van der Waals surface area contributed by atoms with Gasteiger partial charge in [0.15, 0.2) is 0 Å². The monoisotopic (exact) mass is 158 g/mol. The minimum absolute atomic E-state index is 0.0157. The van der Waals surface area contributed by atoms with Crippen LogP contribution in [0.15, 0.2) is 0 Å². The number of hydrogen-bond acceptors (Lipinski definition) is 4. The molecule has 0 heterocycles. The number of hydrogen-bond donors (Lipinski definition) is 2. The molecule has 0 aromatic rings. The summed E-state index contributed by atoms with van der Waals surface area (Å²) >= 11 is 0. The van der Waals surface area contributed by atoms with Gasteiger partial charge in [0.05, 0.1) is 12.6 Å². The van der Waals surface area contributed by atoms with E-state index in [0.717, 1.165) is 0 Å². The van der Waals surface area contributed by atoms with E-state index >= 15 is 0 Å². The maximum absolute atomic E-state index is 11.0. The molecule has 0 bridgehead atoms. The van der Waals surface area contributed by atoms with Crippen molar-refractivity contribution >= 4 is 11.6 Å². The standard InChI is InChI=1S/C7H14N2O2/c1-4(2)6(9)7(11)5(10)3-8/h4,6H,3,8-9H2,1-2H3/t6-/m0/s1. The first kappa shape index (κ1) is 10.3. The molecule has 0 radical (unpaired) electrons. The van der Waals surface area contributed by atoms with Gasteiger partial charge in [-0.3, -0.25) is 9.59 Å². The van der Waals surface area contributed by atoms with Crippen molar-refractivity contribution in [3.05, 3.63) is 0 Å². The van der Waals surface area contributed by atoms with Crippen LogP contribution in [0.2, 0.25) is 0 Å². The Balaban J connectivity index is 4.14. The molecule has 0 spiro atoms. The Morgan fingerprint density at radius 1 is 1.36 bits per heavy atom. The van der Waals surface area contributed by atoms with Gasteiger partial charge in [-0.1, -0.05) is 13.8 Å². The molecule has 0 rings (SSSR count). The second-order valence-electron chi connectivity index (χ2n) is 2.76. The van der Waals surface area contributed by atoms with Crippen molar-refractivity contribution in [1.29, 1.82) is 0 Å². The summed E-state index contributed by atoms with van der Waals surface area (Å²) in [7, 11) is 0. The van der Waals surface area contributed by atoms with E-state index in [1.807, 2.05) is 0 Å². The minimum atomic E-state index is -0.703. The van der Waals surface area contributed by atoms with E-state index in [1.54, 1.807) is 13.8 Å². The Morgan fingerprint density at radius 2 is 1.82 bits per heavy atom. The Labute approximate surface area is 65.9 Å². The molecular weight excluding hydrogens is 144 g/mol. The lowest BCUT2D eigenvalue weighted by Gasteiger charge is -2.11. The summed E-state index contributed by atoms with van der Waals surface area (Å²) in [6.45, 7) is 3.32. The van der Waals surface area contributed by atoms with Crippen LogP contribution in [-0.2, 0) is 9.59 Å². The second kappa shape index (κ2) is 4.20. The Morgan fingerprint density at radius 3 is 2.09 bits per heavy atom. The number of ketones is 2. The highest BCUT2D eigenvalue weighted by atomic mass is 16.2. The van der Waals surface area contributed by atoms with Gasteiger partial charge in [-0.2, -0.15) is 0 Å². The first-order valence-electron chi connectivity index (χ1n) is 3.53. The van der Waals surface area contributed by atoms with Crippen LogP contribution in [0.25, 0.3) is 0 Å². The van der Waals surface area contributed by atoms with Crippen LogP contribution in [0.1, 0.15) is 13.8 Å². The topological polar surface area (TPSA) is 86.2 Å². The highest BCUT2D eigenvalue weighted by Crippen LogP contribution is 1.99. The van der Waals surface area contributed by atoms with Crippen LogP contribution < -0.4 is 11.5 Å². The van der Waals surface area contributed by atoms with Crippen molar-refractivity contribution < 1.29 is 9.59 Å². The van der Waals surface area contributed by atoms with Gasteiger partial charge in [0.25, 0.3) is 0 Å². The molecule has 0 aromatic heterocycles. The molecule has 64 valence electrons. The zero-order valence-corrected chi connectivity index (χ0v) is 6.83. The van der Waals surface area contributed by atoms with Crippen LogP contribution in [0.3, 0.4) is 0 Å². The highest BCUT2D eigenvalue weighted by molar-refractivity contribution is 6.39. The largest absolute Gasteiger partial charge is 0.324 e. The lowest BCUT2D eigenvalue weighted by atomic mass is 9.98. The normalized spacial score (nSPS) is 13.2. The van der Waals surface area contributed by atoms with Gasteiger partial charge < -0.3 is 11.5 Å². The van der Waals surface area contributed by atoms with Gasteiger partial charge in [0, 0.05) is 0 Å². The van der Waals surface area contributed by atoms with Crippen LogP contribution >= 0.6 is 0 Å². The average molecular weight is 158 g/mol. The molecule has 0 amide bonds. The van der Waals surface area contributed by atoms with E-state index < -0.39 is 17.6 Å². The SMILES string of the molecule is CC(C)[C@H](N)C(=O)C(=O)CN. The van der Waals surface area contributed by atoms with Crippen molar-refractivity contribution in [2.75, 3.05) is 6.54 Å². The van der Waals surface area contributed by atoms with E-state index in [-0.39, 0.29) is 12.5 Å². The lowest BCUT2D eigenvalue weighted by molar-refractivity contribution is -0.137. The molecule has 0 fully saturated rings. The molecule has 0 saturated carbocycles. The number of rotatable bonds is 4. The molecule has 4 N–H and O–H groups in total. The van der Waals surface area contributed by atoms with Gasteiger partial charge in [-0.05, 0) is 5.92 Å². The van der Waals surface area contributed by atoms with Crippen LogP contribution in [0.4, 0.5) is 0 Å². The van der Waals surface area contributed by atoms with Crippen molar-refractivity contribution in [1.82, 2.24) is 0 Å². The summed E-state index contributed by atoms with van der Waals surface area (Å²) in [6, 6.07) is -0.703. The van der Waals surface area contributed by atoms with Gasteiger partial charge in [0.2, 0.25) is 11.6 Å². The van der Waals surface area contributed by atoms with Gasteiger partial charge in [-0.25, -0.2) is 0 Å². The molecule has 4 heteroatoms. The minimum Gasteiger partial charge on any atom is -0.324 e. The predicted octanol–water partition coefficient (Wildman–Crippen LogP) is -0.933. The first-order valence-corrected chi connectivity index (χ1v) is 3.53. The van der Waals surface area contributed by atoms with Gasteiger partial charge in [0.1, 0.15) is 0 Å². The zero-order chi connectivity index (χ0) is 9.02. The smallest absolute Gasteiger partial charge is 0.216 e. The van der Waals surface area contributed by atoms with Crippen molar-refractivity contribution in [2.45, 2.75) is 19.9 Å². The summed E-state index contributed by atoms with van der Waals surface area (Å²) in [5.74, 6) is -1.17. The summed E-state index contributed by atoms with van der Waals surface area (Å²) < 4.78 is 0. The van der Waals surface area contributed by atoms with Crippen molar-refractivity contribution in [3.8, 4) is 0 Å².